The highest BCUT2D eigenvalue weighted by atomic mass is 16.7. The first kappa shape index (κ1) is 9.49. The lowest BCUT2D eigenvalue weighted by molar-refractivity contribution is -0.129. The molecule has 0 saturated heterocycles. The van der Waals surface area contributed by atoms with Crippen LogP contribution in [0.25, 0.3) is 0 Å². The minimum absolute atomic E-state index is 0.0491. The number of carbonyl (C=O) groups is 2. The van der Waals surface area contributed by atoms with Gasteiger partial charge in [0.25, 0.3) is 0 Å². The van der Waals surface area contributed by atoms with E-state index in [-0.39, 0.29) is 17.8 Å². The third kappa shape index (κ3) is 1.06. The fraction of sp³-hybridized carbons (Fsp3) is 0.800. The van der Waals surface area contributed by atoms with Crippen LogP contribution in [0.1, 0.15) is 33.1 Å². The van der Waals surface area contributed by atoms with Gasteiger partial charge in [-0.1, -0.05) is 6.92 Å². The van der Waals surface area contributed by atoms with Crippen molar-refractivity contribution in [3.05, 3.63) is 0 Å². The smallest absolute Gasteiger partial charge is 0.435 e. The van der Waals surface area contributed by atoms with Gasteiger partial charge in [-0.15, -0.1) is 0 Å². The number of rotatable bonds is 2. The third-order valence-electron chi connectivity index (χ3n) is 3.36. The molecule has 2 aliphatic carbocycles. The zero-order valence-corrected chi connectivity index (χ0v) is 8.46. The average molecular weight is 198 g/mol. The van der Waals surface area contributed by atoms with Crippen LogP contribution in [0.5, 0.6) is 0 Å². The van der Waals surface area contributed by atoms with Crippen LogP contribution in [0.2, 0.25) is 0 Å². The van der Waals surface area contributed by atoms with Crippen LogP contribution in [-0.2, 0) is 14.3 Å². The van der Waals surface area contributed by atoms with E-state index in [1.165, 1.54) is 0 Å². The molecule has 0 radical (unpaired) electrons. The maximum atomic E-state index is 11.5. The zero-order chi connectivity index (χ0) is 10.4. The monoisotopic (exact) mass is 198 g/mol. The van der Waals surface area contributed by atoms with Gasteiger partial charge in [0.1, 0.15) is 0 Å². The van der Waals surface area contributed by atoms with Crippen LogP contribution in [0, 0.1) is 5.41 Å². The number of fused-ring (bicyclic) bond motifs is 1. The first-order chi connectivity index (χ1) is 6.54. The third-order valence-corrected chi connectivity index (χ3v) is 3.36. The molecule has 14 heavy (non-hydrogen) atoms. The minimum atomic E-state index is -0.834. The lowest BCUT2D eigenvalue weighted by Crippen LogP contribution is -2.29. The second-order valence-corrected chi connectivity index (χ2v) is 4.27. The molecule has 2 atom stereocenters. The lowest BCUT2D eigenvalue weighted by Gasteiger charge is -2.14. The molecule has 4 nitrogen and oxygen atoms in total. The van der Waals surface area contributed by atoms with Crippen molar-refractivity contribution in [2.75, 3.05) is 6.61 Å². The Balaban J connectivity index is 2.05. The van der Waals surface area contributed by atoms with Crippen LogP contribution < -0.4 is 0 Å². The molecule has 2 rings (SSSR count). The van der Waals surface area contributed by atoms with E-state index < -0.39 is 11.8 Å². The first-order valence-corrected chi connectivity index (χ1v) is 4.93. The normalized spacial score (nSPS) is 39.1. The van der Waals surface area contributed by atoms with E-state index in [9.17, 15) is 9.59 Å². The lowest BCUT2D eigenvalue weighted by atomic mass is 10.1. The average Bonchev–Trinajstić information content (AvgIpc) is 2.62. The van der Waals surface area contributed by atoms with Gasteiger partial charge < -0.3 is 9.47 Å². The number of ketones is 1. The van der Waals surface area contributed by atoms with E-state index >= 15 is 0 Å². The second-order valence-electron chi connectivity index (χ2n) is 4.27. The Hall–Kier alpha value is -1.06. The molecule has 2 unspecified atom stereocenters. The van der Waals surface area contributed by atoms with Crippen LogP contribution in [-0.4, -0.2) is 24.1 Å². The Labute approximate surface area is 82.6 Å². The number of hydrogen-bond donors (Lipinski definition) is 0. The highest BCUT2D eigenvalue weighted by Crippen LogP contribution is 2.66. The predicted molar refractivity (Wildman–Crippen MR) is 47.8 cm³/mol. The van der Waals surface area contributed by atoms with E-state index in [1.54, 1.807) is 6.92 Å². The summed E-state index contributed by atoms with van der Waals surface area (Å²) in [5.74, 6) is 0.0491. The van der Waals surface area contributed by atoms with Gasteiger partial charge in [0.15, 0.2) is 11.4 Å². The van der Waals surface area contributed by atoms with E-state index in [4.69, 9.17) is 4.74 Å². The number of ether oxygens (including phenoxy) is 2. The summed E-state index contributed by atoms with van der Waals surface area (Å²) in [5, 5.41) is 0. The molecule has 0 amide bonds. The molecule has 0 aromatic heterocycles. The van der Waals surface area contributed by atoms with Crippen LogP contribution >= 0.6 is 0 Å². The molecule has 2 fully saturated rings. The highest BCUT2D eigenvalue weighted by molar-refractivity contribution is 5.96. The minimum Gasteiger partial charge on any atom is -0.435 e. The van der Waals surface area contributed by atoms with Gasteiger partial charge >= 0.3 is 6.16 Å². The summed E-state index contributed by atoms with van der Waals surface area (Å²) in [6, 6.07) is 0. The highest BCUT2D eigenvalue weighted by Gasteiger charge is 2.75. The van der Waals surface area contributed by atoms with E-state index in [2.05, 4.69) is 4.74 Å². The Bertz CT molecular complexity index is 298. The summed E-state index contributed by atoms with van der Waals surface area (Å²) in [7, 11) is 0. The molecule has 2 aliphatic rings. The van der Waals surface area contributed by atoms with Crippen LogP contribution in [0.4, 0.5) is 4.79 Å². The summed E-state index contributed by atoms with van der Waals surface area (Å²) in [6.45, 7) is 3.97. The van der Waals surface area contributed by atoms with Crippen molar-refractivity contribution in [3.8, 4) is 0 Å². The SMILES string of the molecule is CCOC(=O)OC12CC1(C)CCC2=O. The maximum Gasteiger partial charge on any atom is 0.509 e. The standard InChI is InChI=1S/C10H14O4/c1-3-13-8(12)14-10-6-9(10,2)5-4-7(10)11/h3-6H2,1-2H3. The van der Waals surface area contributed by atoms with Crippen molar-refractivity contribution >= 4 is 11.9 Å². The van der Waals surface area contributed by atoms with Crippen LogP contribution in [0.15, 0.2) is 0 Å². The van der Waals surface area contributed by atoms with Gasteiger partial charge in [-0.3, -0.25) is 4.79 Å². The molecule has 2 saturated carbocycles. The molecule has 4 heteroatoms. The van der Waals surface area contributed by atoms with Crippen molar-refractivity contribution in [2.24, 2.45) is 5.41 Å². The summed E-state index contributed by atoms with van der Waals surface area (Å²) >= 11 is 0. The van der Waals surface area contributed by atoms with Gasteiger partial charge in [0.05, 0.1) is 6.61 Å². The van der Waals surface area contributed by atoms with Crippen molar-refractivity contribution in [2.45, 2.75) is 38.7 Å². The van der Waals surface area contributed by atoms with E-state index in [0.717, 1.165) is 6.42 Å². The molecule has 0 aliphatic heterocycles. The molecule has 0 N–H and O–H groups in total. The summed E-state index contributed by atoms with van der Waals surface area (Å²) < 4.78 is 9.79. The molecular weight excluding hydrogens is 184 g/mol. The Morgan fingerprint density at radius 3 is 2.71 bits per heavy atom. The molecule has 0 heterocycles. The Morgan fingerprint density at radius 1 is 1.57 bits per heavy atom. The number of hydrogen-bond acceptors (Lipinski definition) is 4. The summed E-state index contributed by atoms with van der Waals surface area (Å²) in [5.41, 5.74) is -0.948. The van der Waals surface area contributed by atoms with Crippen molar-refractivity contribution in [1.82, 2.24) is 0 Å². The maximum absolute atomic E-state index is 11.5. The van der Waals surface area contributed by atoms with E-state index in [0.29, 0.717) is 12.8 Å². The molecule has 0 aromatic rings. The predicted octanol–water partition coefficient (Wildman–Crippen LogP) is 1.67. The van der Waals surface area contributed by atoms with E-state index in [1.807, 2.05) is 6.92 Å². The molecule has 0 bridgehead atoms. The second kappa shape index (κ2) is 2.72. The first-order valence-electron chi connectivity index (χ1n) is 4.93. The van der Waals surface area contributed by atoms with Crippen molar-refractivity contribution in [1.29, 1.82) is 0 Å². The number of carbonyl (C=O) groups excluding carboxylic acids is 2. The molecule has 0 spiro atoms. The van der Waals surface area contributed by atoms with Gasteiger partial charge in [-0.25, -0.2) is 4.79 Å². The van der Waals surface area contributed by atoms with Crippen molar-refractivity contribution < 1.29 is 19.1 Å². The molecule has 0 aromatic carbocycles. The number of Topliss-reactive ketones (excluding diaryl/α,β-unsaturated/α-hetero) is 1. The van der Waals surface area contributed by atoms with Gasteiger partial charge in [-0.2, -0.15) is 0 Å². The Morgan fingerprint density at radius 2 is 2.29 bits per heavy atom. The zero-order valence-electron chi connectivity index (χ0n) is 8.46. The van der Waals surface area contributed by atoms with Crippen LogP contribution in [0.3, 0.4) is 0 Å². The van der Waals surface area contributed by atoms with Crippen molar-refractivity contribution in [3.63, 3.8) is 0 Å². The fourth-order valence-electron chi connectivity index (χ4n) is 2.33. The Kier molecular flexibility index (Phi) is 1.84. The summed E-state index contributed by atoms with van der Waals surface area (Å²) in [4.78, 5) is 22.7. The fourth-order valence-corrected chi connectivity index (χ4v) is 2.33. The van der Waals surface area contributed by atoms with Gasteiger partial charge in [0, 0.05) is 18.3 Å². The largest absolute Gasteiger partial charge is 0.509 e. The molecular formula is C10H14O4. The quantitative estimate of drug-likeness (QED) is 0.633. The van der Waals surface area contributed by atoms with Gasteiger partial charge in [-0.05, 0) is 13.3 Å². The summed E-state index contributed by atoms with van der Waals surface area (Å²) in [6.07, 6.45) is 1.30. The molecule has 78 valence electrons. The topological polar surface area (TPSA) is 52.6 Å². The van der Waals surface area contributed by atoms with Gasteiger partial charge in [0.2, 0.25) is 0 Å².